The molecule has 6 heteroatoms. The highest BCUT2D eigenvalue weighted by atomic mass is 32.2. The number of hydrogen-bond donors (Lipinski definition) is 0. The van der Waals surface area contributed by atoms with Gasteiger partial charge in [0.15, 0.2) is 0 Å². The summed E-state index contributed by atoms with van der Waals surface area (Å²) in [6, 6.07) is 8.12. The van der Waals surface area contributed by atoms with E-state index in [1.165, 1.54) is 0 Å². The second kappa shape index (κ2) is 12.1. The number of benzene rings is 1. The molecule has 0 saturated heterocycles. The largest absolute Gasteiger partial charge is 0.490 e. The van der Waals surface area contributed by atoms with Crippen LogP contribution < -0.4 is 4.74 Å². The second-order valence-corrected chi connectivity index (χ2v) is 6.95. The molecule has 0 amide bonds. The molecule has 1 heterocycles. The minimum atomic E-state index is 0.559. The van der Waals surface area contributed by atoms with Gasteiger partial charge in [0.05, 0.1) is 39.6 Å². The van der Waals surface area contributed by atoms with Crippen molar-refractivity contribution in [3.05, 3.63) is 24.3 Å². The van der Waals surface area contributed by atoms with E-state index in [2.05, 4.69) is 6.07 Å². The molecule has 22 heavy (non-hydrogen) atoms. The fourth-order valence-corrected chi connectivity index (χ4v) is 3.41. The van der Waals surface area contributed by atoms with Crippen molar-refractivity contribution in [3.63, 3.8) is 0 Å². The van der Waals surface area contributed by atoms with E-state index in [9.17, 15) is 0 Å². The van der Waals surface area contributed by atoms with Gasteiger partial charge in [-0.05, 0) is 12.1 Å². The van der Waals surface area contributed by atoms with Crippen LogP contribution in [0.3, 0.4) is 0 Å². The summed E-state index contributed by atoms with van der Waals surface area (Å²) in [5, 5.41) is 0. The van der Waals surface area contributed by atoms with E-state index >= 15 is 0 Å². The van der Waals surface area contributed by atoms with Crippen LogP contribution in [0.25, 0.3) is 0 Å². The first kappa shape index (κ1) is 17.9. The lowest BCUT2D eigenvalue weighted by Gasteiger charge is -2.12. The third-order valence-electron chi connectivity index (χ3n) is 2.94. The van der Waals surface area contributed by atoms with Crippen molar-refractivity contribution in [2.45, 2.75) is 4.90 Å². The van der Waals surface area contributed by atoms with Crippen molar-refractivity contribution < 1.29 is 18.9 Å². The molecule has 0 unspecified atom stereocenters. The molecule has 1 aromatic rings. The van der Waals surface area contributed by atoms with Gasteiger partial charge in [0.25, 0.3) is 0 Å². The average molecular weight is 344 g/mol. The third-order valence-corrected chi connectivity index (χ3v) is 4.87. The Morgan fingerprint density at radius 3 is 2.18 bits per heavy atom. The van der Waals surface area contributed by atoms with Crippen LogP contribution in [0.1, 0.15) is 0 Å². The van der Waals surface area contributed by atoms with Gasteiger partial charge >= 0.3 is 0 Å². The van der Waals surface area contributed by atoms with Crippen molar-refractivity contribution in [2.75, 3.05) is 63.5 Å². The molecule has 0 aliphatic carbocycles. The topological polar surface area (TPSA) is 36.9 Å². The quantitative estimate of drug-likeness (QED) is 0.720. The lowest BCUT2D eigenvalue weighted by Crippen LogP contribution is -2.12. The fraction of sp³-hybridized carbons (Fsp3) is 0.625. The molecule has 0 aromatic heterocycles. The molecule has 2 rings (SSSR count). The highest BCUT2D eigenvalue weighted by Crippen LogP contribution is 2.28. The number of thioether (sulfide) groups is 2. The molecular weight excluding hydrogens is 320 g/mol. The molecule has 0 radical (unpaired) electrons. The molecule has 124 valence electrons. The summed E-state index contributed by atoms with van der Waals surface area (Å²) in [7, 11) is 0. The summed E-state index contributed by atoms with van der Waals surface area (Å²) in [5.41, 5.74) is 0. The van der Waals surface area contributed by atoms with Crippen LogP contribution in [-0.4, -0.2) is 63.5 Å². The Morgan fingerprint density at radius 2 is 1.32 bits per heavy atom. The van der Waals surface area contributed by atoms with Gasteiger partial charge in [0, 0.05) is 22.2 Å². The zero-order chi connectivity index (χ0) is 15.3. The minimum Gasteiger partial charge on any atom is -0.490 e. The lowest BCUT2D eigenvalue weighted by molar-refractivity contribution is 0.0409. The summed E-state index contributed by atoms with van der Waals surface area (Å²) >= 11 is 3.64. The molecule has 0 bridgehead atoms. The molecular formula is C16H24O4S2. The van der Waals surface area contributed by atoms with Gasteiger partial charge in [-0.25, -0.2) is 0 Å². The van der Waals surface area contributed by atoms with Crippen molar-refractivity contribution >= 4 is 23.5 Å². The maximum Gasteiger partial charge on any atom is 0.132 e. The van der Waals surface area contributed by atoms with Crippen molar-refractivity contribution in [2.24, 2.45) is 0 Å². The summed E-state index contributed by atoms with van der Waals surface area (Å²) < 4.78 is 22.5. The van der Waals surface area contributed by atoms with Crippen molar-refractivity contribution in [1.82, 2.24) is 0 Å². The van der Waals surface area contributed by atoms with Gasteiger partial charge in [-0.15, -0.1) is 11.8 Å². The Kier molecular flexibility index (Phi) is 9.85. The first-order chi connectivity index (χ1) is 11.0. The Hall–Kier alpha value is -0.400. The van der Waals surface area contributed by atoms with E-state index in [1.54, 1.807) is 11.8 Å². The Morgan fingerprint density at radius 1 is 0.682 bits per heavy atom. The fourth-order valence-electron chi connectivity index (χ4n) is 1.87. The molecule has 0 atom stereocenters. The van der Waals surface area contributed by atoms with Gasteiger partial charge in [0.2, 0.25) is 0 Å². The number of rotatable bonds is 0. The van der Waals surface area contributed by atoms with Crippen LogP contribution in [0.5, 0.6) is 5.75 Å². The van der Waals surface area contributed by atoms with E-state index < -0.39 is 0 Å². The molecule has 1 aliphatic rings. The van der Waals surface area contributed by atoms with Crippen LogP contribution in [-0.2, 0) is 14.2 Å². The highest BCUT2D eigenvalue weighted by molar-refractivity contribution is 7.99. The van der Waals surface area contributed by atoms with E-state index in [4.69, 9.17) is 18.9 Å². The molecule has 1 aromatic carbocycles. The van der Waals surface area contributed by atoms with Gasteiger partial charge in [-0.3, -0.25) is 0 Å². The number of hydrogen-bond acceptors (Lipinski definition) is 6. The zero-order valence-electron chi connectivity index (χ0n) is 12.8. The van der Waals surface area contributed by atoms with Crippen LogP contribution in [0.4, 0.5) is 0 Å². The standard InChI is InChI=1S/C16H24O4S2/c1-2-4-16-15(3-1)20-8-7-17-5-6-18-9-12-21-13-10-19-11-14-22-16/h1-4H,5-14H2. The summed E-state index contributed by atoms with van der Waals surface area (Å²) in [6.45, 7) is 4.74. The van der Waals surface area contributed by atoms with E-state index in [-0.39, 0.29) is 0 Å². The summed E-state index contributed by atoms with van der Waals surface area (Å²) in [5.74, 6) is 3.88. The molecule has 0 saturated carbocycles. The summed E-state index contributed by atoms with van der Waals surface area (Å²) in [6.07, 6.45) is 0. The van der Waals surface area contributed by atoms with Crippen LogP contribution in [0.2, 0.25) is 0 Å². The SMILES string of the molecule is c1ccc2c(c1)OCCOCCOCCSCCOCCS2. The van der Waals surface area contributed by atoms with Crippen LogP contribution in [0, 0.1) is 0 Å². The first-order valence-electron chi connectivity index (χ1n) is 7.62. The molecule has 0 fully saturated rings. The predicted molar refractivity (Wildman–Crippen MR) is 92.4 cm³/mol. The van der Waals surface area contributed by atoms with Crippen LogP contribution >= 0.6 is 23.5 Å². The predicted octanol–water partition coefficient (Wildman–Crippen LogP) is 2.95. The molecule has 1 aliphatic heterocycles. The lowest BCUT2D eigenvalue weighted by atomic mass is 10.3. The first-order valence-corrected chi connectivity index (χ1v) is 9.76. The monoisotopic (exact) mass is 344 g/mol. The Bertz CT molecular complexity index is 366. The number of fused-ring (bicyclic) bond motifs is 1. The smallest absolute Gasteiger partial charge is 0.132 e. The maximum absolute atomic E-state index is 5.80. The van der Waals surface area contributed by atoms with Gasteiger partial charge in [0.1, 0.15) is 12.4 Å². The minimum absolute atomic E-state index is 0.559. The second-order valence-electron chi connectivity index (χ2n) is 4.59. The van der Waals surface area contributed by atoms with Crippen molar-refractivity contribution in [1.29, 1.82) is 0 Å². The molecule has 0 spiro atoms. The normalized spacial score (nSPS) is 20.2. The van der Waals surface area contributed by atoms with Crippen molar-refractivity contribution in [3.8, 4) is 5.75 Å². The maximum atomic E-state index is 5.80. The summed E-state index contributed by atoms with van der Waals surface area (Å²) in [4.78, 5) is 1.16. The number of ether oxygens (including phenoxy) is 4. The van der Waals surface area contributed by atoms with E-state index in [1.807, 2.05) is 30.0 Å². The van der Waals surface area contributed by atoms with Crippen LogP contribution in [0.15, 0.2) is 29.2 Å². The molecule has 4 nitrogen and oxygen atoms in total. The van der Waals surface area contributed by atoms with Gasteiger partial charge in [-0.1, -0.05) is 12.1 Å². The van der Waals surface area contributed by atoms with Gasteiger partial charge < -0.3 is 18.9 Å². The molecule has 0 N–H and O–H groups in total. The average Bonchev–Trinajstić information content (AvgIpc) is 2.55. The Balaban J connectivity index is 1.79. The zero-order valence-corrected chi connectivity index (χ0v) is 14.5. The third kappa shape index (κ3) is 7.74. The number of para-hydroxylation sites is 1. The highest BCUT2D eigenvalue weighted by Gasteiger charge is 2.04. The van der Waals surface area contributed by atoms with E-state index in [0.29, 0.717) is 26.4 Å². The van der Waals surface area contributed by atoms with E-state index in [0.717, 1.165) is 47.7 Å². The van der Waals surface area contributed by atoms with Gasteiger partial charge in [-0.2, -0.15) is 11.8 Å². The Labute approximate surface area is 141 Å².